The summed E-state index contributed by atoms with van der Waals surface area (Å²) in [6, 6.07) is 2.06. The number of rotatable bonds is 5. The minimum Gasteiger partial charge on any atom is -0.341 e. The molecule has 0 aromatic carbocycles. The van der Waals surface area contributed by atoms with Crippen molar-refractivity contribution in [1.29, 1.82) is 0 Å². The summed E-state index contributed by atoms with van der Waals surface area (Å²) in [5, 5.41) is 2.71. The predicted octanol–water partition coefficient (Wildman–Crippen LogP) is 3.56. The van der Waals surface area contributed by atoms with Gasteiger partial charge in [0.15, 0.2) is 0 Å². The Bertz CT molecular complexity index is 984. The van der Waals surface area contributed by atoms with Crippen LogP contribution in [0.5, 0.6) is 0 Å². The number of amides is 1. The molecular formula is C18H21N3O2S2. The van der Waals surface area contributed by atoms with Gasteiger partial charge in [-0.3, -0.25) is 9.59 Å². The fraction of sp³-hybridized carbons (Fsp3) is 0.389. The molecule has 0 saturated heterocycles. The summed E-state index contributed by atoms with van der Waals surface area (Å²) in [6.45, 7) is 6.61. The summed E-state index contributed by atoms with van der Waals surface area (Å²) in [7, 11) is 1.81. The molecule has 5 nitrogen and oxygen atoms in total. The molecule has 0 radical (unpaired) electrons. The van der Waals surface area contributed by atoms with Crippen molar-refractivity contribution in [2.75, 3.05) is 7.05 Å². The molecule has 0 fully saturated rings. The lowest BCUT2D eigenvalue weighted by atomic mass is 10.2. The number of aryl methyl sites for hydroxylation is 4. The molecule has 0 saturated carbocycles. The summed E-state index contributed by atoms with van der Waals surface area (Å²) in [5.41, 5.74) is 2.09. The van der Waals surface area contributed by atoms with E-state index in [1.54, 1.807) is 16.2 Å². The Labute approximate surface area is 154 Å². The first-order valence-electron chi connectivity index (χ1n) is 8.12. The first kappa shape index (κ1) is 17.8. The lowest BCUT2D eigenvalue weighted by Crippen LogP contribution is -2.26. The number of carbonyl (C=O) groups is 1. The monoisotopic (exact) mass is 375 g/mol. The lowest BCUT2D eigenvalue weighted by Gasteiger charge is -2.16. The van der Waals surface area contributed by atoms with Crippen molar-refractivity contribution < 1.29 is 4.79 Å². The highest BCUT2D eigenvalue weighted by Gasteiger charge is 2.15. The molecule has 3 aromatic rings. The van der Waals surface area contributed by atoms with Gasteiger partial charge in [0.25, 0.3) is 5.56 Å². The zero-order valence-electron chi connectivity index (χ0n) is 14.8. The highest BCUT2D eigenvalue weighted by molar-refractivity contribution is 7.18. The summed E-state index contributed by atoms with van der Waals surface area (Å²) >= 11 is 3.19. The van der Waals surface area contributed by atoms with E-state index in [4.69, 9.17) is 0 Å². The zero-order valence-corrected chi connectivity index (χ0v) is 16.4. The molecule has 3 heterocycles. The third kappa shape index (κ3) is 3.67. The van der Waals surface area contributed by atoms with Crippen LogP contribution in [0.4, 0.5) is 0 Å². The average Bonchev–Trinajstić information content (AvgIpc) is 3.09. The molecule has 0 aliphatic carbocycles. The molecule has 25 heavy (non-hydrogen) atoms. The van der Waals surface area contributed by atoms with Gasteiger partial charge in [-0.25, -0.2) is 4.98 Å². The van der Waals surface area contributed by atoms with Gasteiger partial charge in [-0.2, -0.15) is 0 Å². The second kappa shape index (κ2) is 7.09. The Balaban J connectivity index is 1.69. The van der Waals surface area contributed by atoms with E-state index >= 15 is 0 Å². The minimum atomic E-state index is -0.114. The van der Waals surface area contributed by atoms with Crippen molar-refractivity contribution in [3.8, 4) is 0 Å². The van der Waals surface area contributed by atoms with Gasteiger partial charge in [0.2, 0.25) is 5.91 Å². The third-order valence-electron chi connectivity index (χ3n) is 4.44. The van der Waals surface area contributed by atoms with E-state index < -0.39 is 0 Å². The third-order valence-corrected chi connectivity index (χ3v) is 6.55. The van der Waals surface area contributed by atoms with Crippen LogP contribution in [0.3, 0.4) is 0 Å². The van der Waals surface area contributed by atoms with Crippen LogP contribution >= 0.6 is 22.7 Å². The Hall–Kier alpha value is -1.99. The molecule has 0 spiro atoms. The first-order chi connectivity index (χ1) is 11.9. The molecule has 132 valence electrons. The summed E-state index contributed by atoms with van der Waals surface area (Å²) < 4.78 is 0. The number of nitrogens with one attached hydrogen (secondary N) is 1. The van der Waals surface area contributed by atoms with E-state index in [9.17, 15) is 9.59 Å². The van der Waals surface area contributed by atoms with Gasteiger partial charge in [-0.15, -0.1) is 22.7 Å². The SMILES string of the molecule is Cc1ccsc1CN(C)C(=O)CCc1nc2sc(C)c(C)c2c(=O)[nH]1. The van der Waals surface area contributed by atoms with Gasteiger partial charge in [-0.1, -0.05) is 0 Å². The van der Waals surface area contributed by atoms with Crippen molar-refractivity contribution in [3.63, 3.8) is 0 Å². The number of hydrogen-bond donors (Lipinski definition) is 1. The largest absolute Gasteiger partial charge is 0.341 e. The van der Waals surface area contributed by atoms with E-state index in [0.717, 1.165) is 15.3 Å². The van der Waals surface area contributed by atoms with Crippen LogP contribution in [0, 0.1) is 20.8 Å². The number of thiophene rings is 2. The summed E-state index contributed by atoms with van der Waals surface area (Å²) in [5.74, 6) is 0.627. The Morgan fingerprint density at radius 2 is 2.08 bits per heavy atom. The minimum absolute atomic E-state index is 0.0501. The van der Waals surface area contributed by atoms with Crippen LogP contribution < -0.4 is 5.56 Å². The number of H-pyrrole nitrogens is 1. The smallest absolute Gasteiger partial charge is 0.259 e. The molecule has 1 N–H and O–H groups in total. The number of nitrogens with zero attached hydrogens (tertiary/aromatic N) is 2. The normalized spacial score (nSPS) is 11.2. The van der Waals surface area contributed by atoms with Gasteiger partial charge in [0.1, 0.15) is 10.7 Å². The Morgan fingerprint density at radius 1 is 1.32 bits per heavy atom. The average molecular weight is 376 g/mol. The molecule has 3 aromatic heterocycles. The highest BCUT2D eigenvalue weighted by atomic mass is 32.1. The number of aromatic nitrogens is 2. The van der Waals surface area contributed by atoms with Gasteiger partial charge in [0, 0.05) is 29.6 Å². The van der Waals surface area contributed by atoms with Gasteiger partial charge >= 0.3 is 0 Å². The maximum Gasteiger partial charge on any atom is 0.259 e. The van der Waals surface area contributed by atoms with Crippen LogP contribution in [-0.2, 0) is 17.8 Å². The fourth-order valence-corrected chi connectivity index (χ4v) is 4.71. The van der Waals surface area contributed by atoms with Crippen molar-refractivity contribution in [1.82, 2.24) is 14.9 Å². The molecule has 0 aliphatic rings. The van der Waals surface area contributed by atoms with Crippen LogP contribution in [-0.4, -0.2) is 27.8 Å². The maximum absolute atomic E-state index is 12.4. The molecule has 0 bridgehead atoms. The van der Waals surface area contributed by atoms with Crippen molar-refractivity contribution >= 4 is 38.8 Å². The molecule has 0 aliphatic heterocycles. The van der Waals surface area contributed by atoms with Gasteiger partial charge in [0.05, 0.1) is 11.9 Å². The predicted molar refractivity (Wildman–Crippen MR) is 104 cm³/mol. The second-order valence-electron chi connectivity index (χ2n) is 6.25. The molecule has 3 rings (SSSR count). The molecule has 0 unspecified atom stereocenters. The lowest BCUT2D eigenvalue weighted by molar-refractivity contribution is -0.130. The van der Waals surface area contributed by atoms with E-state index in [1.807, 2.05) is 26.3 Å². The summed E-state index contributed by atoms with van der Waals surface area (Å²) in [6.07, 6.45) is 0.770. The number of carbonyl (C=O) groups excluding carboxylic acids is 1. The Morgan fingerprint density at radius 3 is 2.76 bits per heavy atom. The molecule has 7 heteroatoms. The number of aromatic amines is 1. The van der Waals surface area contributed by atoms with Crippen LogP contribution in [0.1, 0.15) is 33.1 Å². The highest BCUT2D eigenvalue weighted by Crippen LogP contribution is 2.25. The van der Waals surface area contributed by atoms with E-state index in [-0.39, 0.29) is 11.5 Å². The maximum atomic E-state index is 12.4. The van der Waals surface area contributed by atoms with Gasteiger partial charge in [-0.05, 0) is 43.3 Å². The standard InChI is InChI=1S/C18H21N3O2S2/c1-10-7-8-24-13(10)9-21(4)15(22)6-5-14-19-17(23)16-11(2)12(3)25-18(16)20-14/h7-8H,5-6,9H2,1-4H3,(H,19,20,23). The van der Waals surface area contributed by atoms with Crippen molar-refractivity contribution in [2.45, 2.75) is 40.2 Å². The molecule has 0 atom stereocenters. The van der Waals surface area contributed by atoms with Crippen molar-refractivity contribution in [2.24, 2.45) is 0 Å². The Kier molecular flexibility index (Phi) is 5.06. The van der Waals surface area contributed by atoms with E-state index in [0.29, 0.717) is 30.6 Å². The second-order valence-corrected chi connectivity index (χ2v) is 8.46. The fourth-order valence-electron chi connectivity index (χ4n) is 2.70. The van der Waals surface area contributed by atoms with Crippen LogP contribution in [0.25, 0.3) is 10.2 Å². The molecular weight excluding hydrogens is 354 g/mol. The van der Waals surface area contributed by atoms with Gasteiger partial charge < -0.3 is 9.88 Å². The molecule has 1 amide bonds. The number of hydrogen-bond acceptors (Lipinski definition) is 5. The number of fused-ring (bicyclic) bond motifs is 1. The quantitative estimate of drug-likeness (QED) is 0.741. The van der Waals surface area contributed by atoms with Crippen LogP contribution in [0.15, 0.2) is 16.2 Å². The van der Waals surface area contributed by atoms with Crippen LogP contribution in [0.2, 0.25) is 0 Å². The van der Waals surface area contributed by atoms with E-state index in [2.05, 4.69) is 23.0 Å². The summed E-state index contributed by atoms with van der Waals surface area (Å²) in [4.78, 5) is 36.8. The zero-order chi connectivity index (χ0) is 18.1. The van der Waals surface area contributed by atoms with E-state index in [1.165, 1.54) is 21.8 Å². The first-order valence-corrected chi connectivity index (χ1v) is 9.82. The topological polar surface area (TPSA) is 66.1 Å². The van der Waals surface area contributed by atoms with Crippen molar-refractivity contribution in [3.05, 3.63) is 48.5 Å².